The van der Waals surface area contributed by atoms with Crippen molar-refractivity contribution in [2.24, 2.45) is 11.3 Å². The Morgan fingerprint density at radius 3 is 2.16 bits per heavy atom. The highest BCUT2D eigenvalue weighted by molar-refractivity contribution is 7.09. The topological polar surface area (TPSA) is 190 Å². The van der Waals surface area contributed by atoms with E-state index in [9.17, 15) is 29.4 Å². The van der Waals surface area contributed by atoms with Crippen LogP contribution in [0.2, 0.25) is 0 Å². The number of benzene rings is 2. The van der Waals surface area contributed by atoms with Gasteiger partial charge in [0.25, 0.3) is 0 Å². The van der Waals surface area contributed by atoms with Crippen molar-refractivity contribution in [1.29, 1.82) is 0 Å². The van der Waals surface area contributed by atoms with Crippen LogP contribution in [0.25, 0.3) is 11.3 Å². The fourth-order valence-electron chi connectivity index (χ4n) is 7.37. The third-order valence-corrected chi connectivity index (χ3v) is 12.2. The highest BCUT2D eigenvalue weighted by atomic mass is 32.1. The van der Waals surface area contributed by atoms with E-state index in [-0.39, 0.29) is 37.1 Å². The van der Waals surface area contributed by atoms with Gasteiger partial charge in [-0.3, -0.25) is 23.7 Å². The minimum atomic E-state index is -1.20. The number of alkyl carbamates (subject to hydrolysis) is 1. The van der Waals surface area contributed by atoms with Crippen LogP contribution in [0, 0.1) is 11.3 Å². The van der Waals surface area contributed by atoms with E-state index in [1.165, 1.54) is 33.8 Å². The van der Waals surface area contributed by atoms with Crippen LogP contribution in [0.4, 0.5) is 4.79 Å². The molecule has 0 aliphatic rings. The molecule has 5 N–H and O–H groups in total. The summed E-state index contributed by atoms with van der Waals surface area (Å²) in [7, 11) is 1.23. The van der Waals surface area contributed by atoms with Crippen LogP contribution in [0.5, 0.6) is 5.88 Å². The summed E-state index contributed by atoms with van der Waals surface area (Å²) < 4.78 is 7.30. The number of aliphatic hydroxyl groups is 1. The predicted octanol–water partition coefficient (Wildman–Crippen LogP) is 6.61. The van der Waals surface area contributed by atoms with E-state index in [4.69, 9.17) is 4.74 Å². The molecule has 14 nitrogen and oxygen atoms in total. The summed E-state index contributed by atoms with van der Waals surface area (Å²) in [6, 6.07) is 19.3. The second-order valence-corrected chi connectivity index (χ2v) is 18.2. The van der Waals surface area contributed by atoms with Gasteiger partial charge in [0.05, 0.1) is 48.4 Å². The number of methoxy groups -OCH3 is 1. The first-order valence-electron chi connectivity index (χ1n) is 21.1. The van der Waals surface area contributed by atoms with Gasteiger partial charge >= 0.3 is 11.8 Å². The summed E-state index contributed by atoms with van der Waals surface area (Å²) in [6.07, 6.45) is 2.14. The van der Waals surface area contributed by atoms with Crippen LogP contribution >= 0.6 is 11.3 Å². The first kappa shape index (κ1) is 47.3. The SMILES string of the molecule is CCC(C)[C@@H](C(=O)N[C@@H](Cc1ccccc1)[C@@H](O)C[C@H](Cc1ccc(-c2ccccn2)cc1)NC(=O)[C@@H](NC(=O)OC)C(C)(C)C)n1cc(O)n(Cc2csc(C(C)C)n2)c1=O. The van der Waals surface area contributed by atoms with Gasteiger partial charge in [-0.2, -0.15) is 0 Å². The number of carbonyl (C=O) groups is 3. The number of pyridine rings is 1. The Morgan fingerprint density at radius 1 is 0.887 bits per heavy atom. The number of ether oxygens (including phenoxy) is 1. The molecule has 5 aromatic rings. The lowest BCUT2D eigenvalue weighted by Gasteiger charge is -2.33. The van der Waals surface area contributed by atoms with E-state index in [2.05, 4.69) is 25.9 Å². The molecule has 0 radical (unpaired) electrons. The van der Waals surface area contributed by atoms with Crippen molar-refractivity contribution in [2.45, 2.75) is 117 Å². The number of aromatic hydroxyl groups is 1. The molecule has 15 heteroatoms. The molecule has 6 atom stereocenters. The van der Waals surface area contributed by atoms with E-state index in [0.717, 1.165) is 27.4 Å². The van der Waals surface area contributed by atoms with Gasteiger partial charge in [0.15, 0.2) is 0 Å². The van der Waals surface area contributed by atoms with Crippen molar-refractivity contribution in [3.05, 3.63) is 123 Å². The van der Waals surface area contributed by atoms with Crippen LogP contribution in [0.3, 0.4) is 0 Å². The van der Waals surface area contributed by atoms with Crippen molar-refractivity contribution in [1.82, 2.24) is 35.1 Å². The summed E-state index contributed by atoms with van der Waals surface area (Å²) >= 11 is 1.49. The standard InChI is InChI=1S/C47H61N7O7S/c1-9-30(4)40(54-27-39(56)53(46(54)60)26-35-28-62-44(50-35)29(2)3)42(57)51-37(24-31-15-11-10-12-16-31)38(55)25-34(49-43(58)41(47(5,6)7)52-45(59)61-8)23-32-18-20-33(21-19-32)36-17-13-14-22-48-36/h10-22,27-30,34,37-38,40-41,55-56H,9,23-26H2,1-8H3,(H,49,58)(H,51,57)(H,52,59)/t30?,34-,37-,38-,40-,41+/m0/s1. The van der Waals surface area contributed by atoms with Crippen LogP contribution in [-0.2, 0) is 33.7 Å². The molecule has 3 heterocycles. The molecular formula is C47H61N7O7S. The molecule has 332 valence electrons. The van der Waals surface area contributed by atoms with Gasteiger partial charge in [0.2, 0.25) is 17.7 Å². The zero-order valence-corrected chi connectivity index (χ0v) is 37.7. The van der Waals surface area contributed by atoms with Crippen molar-refractivity contribution in [2.75, 3.05) is 7.11 Å². The van der Waals surface area contributed by atoms with E-state index in [1.54, 1.807) is 6.20 Å². The van der Waals surface area contributed by atoms with Crippen LogP contribution in [-0.4, -0.2) is 78.6 Å². The van der Waals surface area contributed by atoms with Crippen molar-refractivity contribution < 1.29 is 29.3 Å². The molecule has 0 saturated heterocycles. The molecule has 1 unspecified atom stereocenters. The number of imidazole rings is 1. The fourth-order valence-corrected chi connectivity index (χ4v) is 8.20. The molecule has 0 aliphatic heterocycles. The molecule has 62 heavy (non-hydrogen) atoms. The monoisotopic (exact) mass is 867 g/mol. The Labute approximate surface area is 367 Å². The quantitative estimate of drug-likeness (QED) is 0.0609. The van der Waals surface area contributed by atoms with Gasteiger partial charge < -0.3 is 30.9 Å². The number of hydrogen-bond donors (Lipinski definition) is 5. The fraction of sp³-hybridized carbons (Fsp3) is 0.447. The Bertz CT molecular complexity index is 2280. The number of nitrogens with one attached hydrogen (secondary N) is 3. The number of nitrogens with zero attached hydrogens (tertiary/aromatic N) is 4. The second-order valence-electron chi connectivity index (χ2n) is 17.3. The van der Waals surface area contributed by atoms with E-state index < -0.39 is 59.3 Å². The number of rotatable bonds is 19. The molecule has 2 aromatic carbocycles. The lowest BCUT2D eigenvalue weighted by atomic mass is 9.85. The number of aromatic nitrogens is 4. The van der Waals surface area contributed by atoms with Crippen LogP contribution < -0.4 is 21.6 Å². The zero-order chi connectivity index (χ0) is 45.1. The molecule has 0 spiro atoms. The number of hydrogen-bond acceptors (Lipinski definition) is 10. The Kier molecular flexibility index (Phi) is 16.3. The largest absolute Gasteiger partial charge is 0.493 e. The predicted molar refractivity (Wildman–Crippen MR) is 241 cm³/mol. The Balaban J connectivity index is 1.46. The van der Waals surface area contributed by atoms with E-state index in [1.807, 2.05) is 127 Å². The number of aliphatic hydroxyl groups excluding tert-OH is 1. The number of amides is 3. The molecule has 5 rings (SSSR count). The van der Waals surface area contributed by atoms with Crippen molar-refractivity contribution >= 4 is 29.2 Å². The molecule has 0 saturated carbocycles. The third-order valence-electron chi connectivity index (χ3n) is 11.1. The zero-order valence-electron chi connectivity index (χ0n) is 36.9. The normalized spacial score (nSPS) is 14.6. The maximum atomic E-state index is 14.6. The van der Waals surface area contributed by atoms with Gasteiger partial charge in [-0.15, -0.1) is 11.3 Å². The van der Waals surface area contributed by atoms with E-state index in [0.29, 0.717) is 18.5 Å². The Hall–Kier alpha value is -5.80. The first-order chi connectivity index (χ1) is 29.5. The van der Waals surface area contributed by atoms with Gasteiger partial charge in [-0.1, -0.05) is 116 Å². The lowest BCUT2D eigenvalue weighted by Crippen LogP contribution is -2.57. The van der Waals surface area contributed by atoms with Gasteiger partial charge in [0, 0.05) is 29.1 Å². The summed E-state index contributed by atoms with van der Waals surface area (Å²) in [6.45, 7) is 13.4. The van der Waals surface area contributed by atoms with Gasteiger partial charge in [-0.05, 0) is 53.9 Å². The molecule has 0 fully saturated rings. The second kappa shape index (κ2) is 21.3. The van der Waals surface area contributed by atoms with E-state index >= 15 is 0 Å². The van der Waals surface area contributed by atoms with Crippen molar-refractivity contribution in [3.8, 4) is 17.1 Å². The molecule has 0 bridgehead atoms. The molecule has 3 amide bonds. The highest BCUT2D eigenvalue weighted by Crippen LogP contribution is 2.26. The maximum Gasteiger partial charge on any atom is 0.407 e. The lowest BCUT2D eigenvalue weighted by molar-refractivity contribution is -0.128. The molecule has 0 aliphatic carbocycles. The summed E-state index contributed by atoms with van der Waals surface area (Å²) in [5.74, 6) is -1.40. The maximum absolute atomic E-state index is 14.6. The number of carbonyl (C=O) groups excluding carboxylic acids is 3. The summed E-state index contributed by atoms with van der Waals surface area (Å²) in [5, 5.41) is 34.9. The number of thiazole rings is 1. The molecule has 3 aromatic heterocycles. The third kappa shape index (κ3) is 12.4. The minimum absolute atomic E-state index is 0.0116. The highest BCUT2D eigenvalue weighted by Gasteiger charge is 2.37. The van der Waals surface area contributed by atoms with Crippen molar-refractivity contribution in [3.63, 3.8) is 0 Å². The summed E-state index contributed by atoms with van der Waals surface area (Å²) in [4.78, 5) is 64.1. The van der Waals surface area contributed by atoms with Crippen LogP contribution in [0.1, 0.15) is 95.1 Å². The average Bonchev–Trinajstić information content (AvgIpc) is 3.83. The Morgan fingerprint density at radius 2 is 1.56 bits per heavy atom. The smallest absolute Gasteiger partial charge is 0.407 e. The summed E-state index contributed by atoms with van der Waals surface area (Å²) in [5.41, 5.74) is 2.81. The first-order valence-corrected chi connectivity index (χ1v) is 22.0. The molecular weight excluding hydrogens is 807 g/mol. The minimum Gasteiger partial charge on any atom is -0.493 e. The average molecular weight is 868 g/mol. The van der Waals surface area contributed by atoms with Gasteiger partial charge in [-0.25, -0.2) is 14.6 Å². The van der Waals surface area contributed by atoms with Gasteiger partial charge in [0.1, 0.15) is 12.1 Å². The van der Waals surface area contributed by atoms with Crippen LogP contribution in [0.15, 0.2) is 95.4 Å².